The minimum absolute atomic E-state index is 0.365. The quantitative estimate of drug-likeness (QED) is 0.907. The third-order valence-electron chi connectivity index (χ3n) is 2.89. The number of nitriles is 1. The van der Waals surface area contributed by atoms with Gasteiger partial charge < -0.3 is 15.4 Å². The molecule has 0 aromatic heterocycles. The van der Waals surface area contributed by atoms with Crippen LogP contribution in [0.4, 0.5) is 10.5 Å². The molecule has 2 rings (SSSR count). The molecule has 0 radical (unpaired) electrons. The molecule has 0 saturated heterocycles. The van der Waals surface area contributed by atoms with Crippen molar-refractivity contribution in [3.05, 3.63) is 65.9 Å². The average Bonchev–Trinajstić information content (AvgIpc) is 2.56. The molecule has 2 N–H and O–H groups in total. The van der Waals surface area contributed by atoms with Gasteiger partial charge in [-0.25, -0.2) is 4.79 Å². The van der Waals surface area contributed by atoms with Crippen LogP contribution < -0.4 is 15.4 Å². The number of nitrogens with zero attached hydrogens (tertiary/aromatic N) is 1. The lowest BCUT2D eigenvalue weighted by atomic mass is 10.2. The molecule has 0 unspecified atom stereocenters. The molecule has 2 amide bonds. The molecule has 110 valence electrons. The van der Waals surface area contributed by atoms with Gasteiger partial charge >= 0.3 is 6.03 Å². The SMILES string of the molecule is COc1ccccc1/C=C/NC(=O)Nc1ccc(C#N)cc1. The third kappa shape index (κ3) is 4.12. The smallest absolute Gasteiger partial charge is 0.323 e. The minimum Gasteiger partial charge on any atom is -0.496 e. The van der Waals surface area contributed by atoms with E-state index in [2.05, 4.69) is 10.6 Å². The molecule has 0 saturated carbocycles. The van der Waals surface area contributed by atoms with Crippen molar-refractivity contribution in [1.29, 1.82) is 5.26 Å². The van der Waals surface area contributed by atoms with Crippen LogP contribution in [0.1, 0.15) is 11.1 Å². The largest absolute Gasteiger partial charge is 0.496 e. The van der Waals surface area contributed by atoms with E-state index in [1.165, 1.54) is 6.20 Å². The first-order chi connectivity index (χ1) is 10.7. The fourth-order valence-corrected chi connectivity index (χ4v) is 1.81. The number of rotatable bonds is 4. The van der Waals surface area contributed by atoms with Gasteiger partial charge in [0.05, 0.1) is 18.7 Å². The van der Waals surface area contributed by atoms with Crippen molar-refractivity contribution in [2.24, 2.45) is 0 Å². The van der Waals surface area contributed by atoms with E-state index < -0.39 is 0 Å². The molecule has 0 heterocycles. The van der Waals surface area contributed by atoms with Crippen molar-refractivity contribution in [2.45, 2.75) is 0 Å². The van der Waals surface area contributed by atoms with E-state index in [9.17, 15) is 4.79 Å². The standard InChI is InChI=1S/C17H15N3O2/c1-22-16-5-3-2-4-14(16)10-11-19-17(21)20-15-8-6-13(12-18)7-9-15/h2-11H,1H3,(H2,19,20,21)/b11-10+. The fourth-order valence-electron chi connectivity index (χ4n) is 1.81. The van der Waals surface area contributed by atoms with Crippen LogP contribution in [0.3, 0.4) is 0 Å². The highest BCUT2D eigenvalue weighted by molar-refractivity contribution is 5.90. The van der Waals surface area contributed by atoms with Gasteiger partial charge in [-0.15, -0.1) is 0 Å². The number of hydrogen-bond donors (Lipinski definition) is 2. The predicted molar refractivity (Wildman–Crippen MR) is 85.3 cm³/mol. The molecule has 2 aromatic carbocycles. The van der Waals surface area contributed by atoms with Crippen molar-refractivity contribution >= 4 is 17.8 Å². The molecule has 0 bridgehead atoms. The summed E-state index contributed by atoms with van der Waals surface area (Å²) < 4.78 is 5.21. The van der Waals surface area contributed by atoms with Crippen LogP contribution in [0.15, 0.2) is 54.7 Å². The summed E-state index contributed by atoms with van der Waals surface area (Å²) in [6.07, 6.45) is 3.29. The van der Waals surface area contributed by atoms with Crippen molar-refractivity contribution in [3.8, 4) is 11.8 Å². The van der Waals surface area contributed by atoms with Gasteiger partial charge in [-0.2, -0.15) is 5.26 Å². The highest BCUT2D eigenvalue weighted by Gasteiger charge is 2.00. The normalized spacial score (nSPS) is 10.0. The van der Waals surface area contributed by atoms with Crippen LogP contribution in [0.2, 0.25) is 0 Å². The van der Waals surface area contributed by atoms with Crippen molar-refractivity contribution < 1.29 is 9.53 Å². The summed E-state index contributed by atoms with van der Waals surface area (Å²) in [6, 6.07) is 15.8. The Morgan fingerprint density at radius 3 is 2.59 bits per heavy atom. The Morgan fingerprint density at radius 2 is 1.91 bits per heavy atom. The number of carbonyl (C=O) groups is 1. The second-order valence-electron chi connectivity index (χ2n) is 4.36. The zero-order valence-electron chi connectivity index (χ0n) is 12.0. The fraction of sp³-hybridized carbons (Fsp3) is 0.0588. The number of nitrogens with one attached hydrogen (secondary N) is 2. The first kappa shape index (κ1) is 15.1. The minimum atomic E-state index is -0.365. The number of ether oxygens (including phenoxy) is 1. The summed E-state index contributed by atoms with van der Waals surface area (Å²) in [6.45, 7) is 0. The van der Waals surface area contributed by atoms with Gasteiger partial charge in [0.15, 0.2) is 0 Å². The Balaban J connectivity index is 1.92. The first-order valence-electron chi connectivity index (χ1n) is 6.60. The summed E-state index contributed by atoms with van der Waals surface area (Å²) in [5.41, 5.74) is 2.02. The number of amides is 2. The van der Waals surface area contributed by atoms with Crippen molar-refractivity contribution in [3.63, 3.8) is 0 Å². The van der Waals surface area contributed by atoms with Crippen LogP contribution in [0.25, 0.3) is 6.08 Å². The van der Waals surface area contributed by atoms with Crippen molar-refractivity contribution in [1.82, 2.24) is 5.32 Å². The average molecular weight is 293 g/mol. The molecule has 0 aliphatic carbocycles. The Kier molecular flexibility index (Phi) is 5.16. The van der Waals surface area contributed by atoms with Gasteiger partial charge in [0, 0.05) is 17.5 Å². The maximum absolute atomic E-state index is 11.7. The summed E-state index contributed by atoms with van der Waals surface area (Å²) in [5.74, 6) is 0.730. The Morgan fingerprint density at radius 1 is 1.18 bits per heavy atom. The highest BCUT2D eigenvalue weighted by atomic mass is 16.5. The number of carbonyl (C=O) groups excluding carboxylic acids is 1. The van der Waals surface area contributed by atoms with Crippen molar-refractivity contribution in [2.75, 3.05) is 12.4 Å². The molecular weight excluding hydrogens is 278 g/mol. The predicted octanol–water partition coefficient (Wildman–Crippen LogP) is 3.36. The van der Waals surface area contributed by atoms with E-state index in [0.717, 1.165) is 11.3 Å². The Labute approximate surface area is 128 Å². The lowest BCUT2D eigenvalue weighted by Gasteiger charge is -2.05. The number of para-hydroxylation sites is 1. The molecular formula is C17H15N3O2. The Hall–Kier alpha value is -3.26. The molecule has 5 heteroatoms. The molecule has 2 aromatic rings. The molecule has 0 aliphatic heterocycles. The maximum atomic E-state index is 11.7. The molecule has 0 atom stereocenters. The van der Waals surface area contributed by atoms with Gasteiger partial charge in [-0.05, 0) is 36.4 Å². The molecule has 0 aliphatic rings. The van der Waals surface area contributed by atoms with E-state index in [4.69, 9.17) is 10.00 Å². The lowest BCUT2D eigenvalue weighted by Crippen LogP contribution is -2.23. The second-order valence-corrected chi connectivity index (χ2v) is 4.36. The van der Waals surface area contributed by atoms with Gasteiger partial charge in [0.1, 0.15) is 5.75 Å². The number of anilines is 1. The number of urea groups is 1. The highest BCUT2D eigenvalue weighted by Crippen LogP contribution is 2.18. The van der Waals surface area contributed by atoms with E-state index >= 15 is 0 Å². The number of benzene rings is 2. The van der Waals surface area contributed by atoms with E-state index in [1.54, 1.807) is 37.5 Å². The van der Waals surface area contributed by atoms with E-state index in [0.29, 0.717) is 11.3 Å². The van der Waals surface area contributed by atoms with E-state index in [1.807, 2.05) is 30.3 Å². The maximum Gasteiger partial charge on any atom is 0.323 e. The monoisotopic (exact) mass is 293 g/mol. The molecule has 22 heavy (non-hydrogen) atoms. The van der Waals surface area contributed by atoms with Crippen LogP contribution >= 0.6 is 0 Å². The van der Waals surface area contributed by atoms with Crippen LogP contribution in [-0.4, -0.2) is 13.1 Å². The number of hydrogen-bond acceptors (Lipinski definition) is 3. The molecule has 0 spiro atoms. The third-order valence-corrected chi connectivity index (χ3v) is 2.89. The molecule has 0 fully saturated rings. The van der Waals surface area contributed by atoms with Crippen LogP contribution in [-0.2, 0) is 0 Å². The zero-order chi connectivity index (χ0) is 15.8. The summed E-state index contributed by atoms with van der Waals surface area (Å²) in [7, 11) is 1.59. The van der Waals surface area contributed by atoms with Gasteiger partial charge in [0.25, 0.3) is 0 Å². The Bertz CT molecular complexity index is 715. The summed E-state index contributed by atoms with van der Waals surface area (Å²) in [4.78, 5) is 11.7. The summed E-state index contributed by atoms with van der Waals surface area (Å²) in [5, 5.41) is 14.0. The van der Waals surface area contributed by atoms with E-state index in [-0.39, 0.29) is 6.03 Å². The van der Waals surface area contributed by atoms with Gasteiger partial charge in [0.2, 0.25) is 0 Å². The topological polar surface area (TPSA) is 74.2 Å². The summed E-state index contributed by atoms with van der Waals surface area (Å²) >= 11 is 0. The zero-order valence-corrected chi connectivity index (χ0v) is 12.0. The second kappa shape index (κ2) is 7.50. The van der Waals surface area contributed by atoms with Gasteiger partial charge in [-0.1, -0.05) is 18.2 Å². The van der Waals surface area contributed by atoms with Crippen LogP contribution in [0.5, 0.6) is 5.75 Å². The first-order valence-corrected chi connectivity index (χ1v) is 6.60. The van der Waals surface area contributed by atoms with Crippen LogP contribution in [0, 0.1) is 11.3 Å². The van der Waals surface area contributed by atoms with Gasteiger partial charge in [-0.3, -0.25) is 0 Å². The number of methoxy groups -OCH3 is 1. The lowest BCUT2D eigenvalue weighted by molar-refractivity contribution is 0.255. The molecule has 5 nitrogen and oxygen atoms in total.